The fraction of sp³-hybridized carbons (Fsp3) is 0.333. The third-order valence-electron chi connectivity index (χ3n) is 4.65. The molecule has 0 bridgehead atoms. The van der Waals surface area contributed by atoms with Crippen LogP contribution < -0.4 is 5.32 Å². The van der Waals surface area contributed by atoms with Gasteiger partial charge in [0.2, 0.25) is 0 Å². The summed E-state index contributed by atoms with van der Waals surface area (Å²) in [6.07, 6.45) is 2.59. The van der Waals surface area contributed by atoms with E-state index >= 15 is 0 Å². The second kappa shape index (κ2) is 8.63. The molecular formula is C21H24N2O3. The lowest BCUT2D eigenvalue weighted by Gasteiger charge is -2.14. The predicted molar refractivity (Wildman–Crippen MR) is 99.9 cm³/mol. The number of likely N-dealkylation sites (tertiary alicyclic amines) is 1. The van der Waals surface area contributed by atoms with Crippen molar-refractivity contribution in [3.8, 4) is 0 Å². The lowest BCUT2D eigenvalue weighted by Crippen LogP contribution is -2.23. The average Bonchev–Trinajstić information content (AvgIpc) is 3.19. The average molecular weight is 352 g/mol. The zero-order valence-electron chi connectivity index (χ0n) is 15.0. The standard InChI is InChI=1S/C21H24N2O3/c1-26-21(25)19-10-8-18(9-11-19)20(24)22-14-16-4-6-17(7-5-16)15-23-12-2-3-13-23/h4-11H,2-3,12-15H2,1H3,(H,22,24). The molecular weight excluding hydrogens is 328 g/mol. The molecule has 0 saturated carbocycles. The van der Waals surface area contributed by atoms with E-state index in [4.69, 9.17) is 0 Å². The highest BCUT2D eigenvalue weighted by Gasteiger charge is 2.12. The summed E-state index contributed by atoms with van der Waals surface area (Å²) in [4.78, 5) is 26.1. The van der Waals surface area contributed by atoms with Crippen LogP contribution in [-0.4, -0.2) is 37.0 Å². The van der Waals surface area contributed by atoms with Crippen molar-refractivity contribution in [2.24, 2.45) is 0 Å². The molecule has 3 rings (SSSR count). The van der Waals surface area contributed by atoms with Crippen LogP contribution in [0.3, 0.4) is 0 Å². The largest absolute Gasteiger partial charge is 0.465 e. The number of hydrogen-bond donors (Lipinski definition) is 1. The quantitative estimate of drug-likeness (QED) is 0.812. The molecule has 1 aliphatic rings. The van der Waals surface area contributed by atoms with E-state index in [-0.39, 0.29) is 5.91 Å². The number of ether oxygens (including phenoxy) is 1. The molecule has 5 heteroatoms. The van der Waals surface area contributed by atoms with Crippen LogP contribution in [-0.2, 0) is 17.8 Å². The normalized spacial score (nSPS) is 14.2. The van der Waals surface area contributed by atoms with Gasteiger partial charge >= 0.3 is 5.97 Å². The Kier molecular flexibility index (Phi) is 6.02. The maximum absolute atomic E-state index is 12.2. The molecule has 26 heavy (non-hydrogen) atoms. The topological polar surface area (TPSA) is 58.6 Å². The van der Waals surface area contributed by atoms with E-state index < -0.39 is 5.97 Å². The summed E-state index contributed by atoms with van der Waals surface area (Å²) in [5.41, 5.74) is 3.32. The van der Waals surface area contributed by atoms with Gasteiger partial charge in [0.15, 0.2) is 0 Å². The Labute approximate surface area is 154 Å². The summed E-state index contributed by atoms with van der Waals surface area (Å²) in [5, 5.41) is 2.90. The third kappa shape index (κ3) is 4.70. The summed E-state index contributed by atoms with van der Waals surface area (Å²) in [6, 6.07) is 14.8. The molecule has 1 fully saturated rings. The van der Waals surface area contributed by atoms with Crippen LogP contribution in [0.15, 0.2) is 48.5 Å². The molecule has 5 nitrogen and oxygen atoms in total. The Hall–Kier alpha value is -2.66. The van der Waals surface area contributed by atoms with Gasteiger partial charge in [0, 0.05) is 18.7 Å². The van der Waals surface area contributed by atoms with Crippen molar-refractivity contribution in [2.75, 3.05) is 20.2 Å². The fourth-order valence-electron chi connectivity index (χ4n) is 3.12. The number of benzene rings is 2. The third-order valence-corrected chi connectivity index (χ3v) is 4.65. The van der Waals surface area contributed by atoms with E-state index in [1.54, 1.807) is 24.3 Å². The Bertz CT molecular complexity index is 748. The predicted octanol–water partition coefficient (Wildman–Crippen LogP) is 3.00. The van der Waals surface area contributed by atoms with Crippen molar-refractivity contribution in [3.05, 3.63) is 70.8 Å². The first-order valence-electron chi connectivity index (χ1n) is 8.92. The van der Waals surface area contributed by atoms with Crippen molar-refractivity contribution in [2.45, 2.75) is 25.9 Å². The van der Waals surface area contributed by atoms with Gasteiger partial charge in [-0.05, 0) is 61.3 Å². The molecule has 2 aromatic carbocycles. The van der Waals surface area contributed by atoms with Crippen LogP contribution in [0.5, 0.6) is 0 Å². The van der Waals surface area contributed by atoms with Crippen molar-refractivity contribution in [3.63, 3.8) is 0 Å². The van der Waals surface area contributed by atoms with Gasteiger partial charge < -0.3 is 10.1 Å². The number of methoxy groups -OCH3 is 1. The van der Waals surface area contributed by atoms with Crippen molar-refractivity contribution >= 4 is 11.9 Å². The molecule has 2 aromatic rings. The van der Waals surface area contributed by atoms with E-state index in [2.05, 4.69) is 39.2 Å². The maximum Gasteiger partial charge on any atom is 0.337 e. The number of hydrogen-bond acceptors (Lipinski definition) is 4. The molecule has 1 amide bonds. The van der Waals surface area contributed by atoms with E-state index in [1.807, 2.05) is 0 Å². The number of carbonyl (C=O) groups excluding carboxylic acids is 2. The first-order chi connectivity index (χ1) is 12.7. The fourth-order valence-corrected chi connectivity index (χ4v) is 3.12. The highest BCUT2D eigenvalue weighted by molar-refractivity contribution is 5.96. The lowest BCUT2D eigenvalue weighted by molar-refractivity contribution is 0.0600. The Morgan fingerprint density at radius 2 is 1.50 bits per heavy atom. The second-order valence-electron chi connectivity index (χ2n) is 6.55. The summed E-state index contributed by atoms with van der Waals surface area (Å²) in [6.45, 7) is 3.85. The van der Waals surface area contributed by atoms with E-state index in [0.717, 1.165) is 12.1 Å². The Balaban J connectivity index is 1.51. The minimum atomic E-state index is -0.411. The van der Waals surface area contributed by atoms with Gasteiger partial charge in [-0.1, -0.05) is 24.3 Å². The Morgan fingerprint density at radius 3 is 2.12 bits per heavy atom. The minimum Gasteiger partial charge on any atom is -0.465 e. The monoisotopic (exact) mass is 352 g/mol. The van der Waals surface area contributed by atoms with Crippen LogP contribution in [0.1, 0.15) is 44.7 Å². The first-order valence-corrected chi connectivity index (χ1v) is 8.92. The number of esters is 1. The lowest BCUT2D eigenvalue weighted by atomic mass is 10.1. The highest BCUT2D eigenvalue weighted by atomic mass is 16.5. The number of carbonyl (C=O) groups is 2. The van der Waals surface area contributed by atoms with Crippen molar-refractivity contribution < 1.29 is 14.3 Å². The maximum atomic E-state index is 12.2. The molecule has 136 valence electrons. The van der Waals surface area contributed by atoms with Crippen LogP contribution >= 0.6 is 0 Å². The SMILES string of the molecule is COC(=O)c1ccc(C(=O)NCc2ccc(CN3CCCC3)cc2)cc1. The summed E-state index contributed by atoms with van der Waals surface area (Å²) in [7, 11) is 1.33. The highest BCUT2D eigenvalue weighted by Crippen LogP contribution is 2.13. The molecule has 0 unspecified atom stereocenters. The smallest absolute Gasteiger partial charge is 0.337 e. The zero-order valence-corrected chi connectivity index (χ0v) is 15.0. The number of nitrogens with zero attached hydrogens (tertiary/aromatic N) is 1. The molecule has 0 atom stereocenters. The molecule has 0 spiro atoms. The van der Waals surface area contributed by atoms with Crippen molar-refractivity contribution in [1.82, 2.24) is 10.2 Å². The molecule has 0 aliphatic carbocycles. The van der Waals surface area contributed by atoms with Gasteiger partial charge in [-0.25, -0.2) is 4.79 Å². The molecule has 0 radical (unpaired) electrons. The van der Waals surface area contributed by atoms with Crippen LogP contribution in [0.2, 0.25) is 0 Å². The molecule has 1 saturated heterocycles. The Morgan fingerprint density at radius 1 is 0.923 bits per heavy atom. The van der Waals surface area contributed by atoms with Crippen LogP contribution in [0.4, 0.5) is 0 Å². The molecule has 1 N–H and O–H groups in total. The van der Waals surface area contributed by atoms with E-state index in [0.29, 0.717) is 17.7 Å². The van der Waals surface area contributed by atoms with Gasteiger partial charge in [-0.3, -0.25) is 9.69 Å². The minimum absolute atomic E-state index is 0.164. The number of amides is 1. The van der Waals surface area contributed by atoms with Gasteiger partial charge in [0.05, 0.1) is 12.7 Å². The second-order valence-corrected chi connectivity index (χ2v) is 6.55. The zero-order chi connectivity index (χ0) is 18.4. The van der Waals surface area contributed by atoms with Crippen LogP contribution in [0.25, 0.3) is 0 Å². The number of nitrogens with one attached hydrogen (secondary N) is 1. The van der Waals surface area contributed by atoms with E-state index in [1.165, 1.54) is 38.6 Å². The molecule has 1 heterocycles. The van der Waals surface area contributed by atoms with Gasteiger partial charge in [0.1, 0.15) is 0 Å². The summed E-state index contributed by atoms with van der Waals surface area (Å²) in [5.74, 6) is -0.575. The van der Waals surface area contributed by atoms with Gasteiger partial charge in [-0.15, -0.1) is 0 Å². The molecule has 1 aliphatic heterocycles. The van der Waals surface area contributed by atoms with Crippen molar-refractivity contribution in [1.29, 1.82) is 0 Å². The van der Waals surface area contributed by atoms with E-state index in [9.17, 15) is 9.59 Å². The molecule has 0 aromatic heterocycles. The summed E-state index contributed by atoms with van der Waals surface area (Å²) >= 11 is 0. The van der Waals surface area contributed by atoms with Crippen LogP contribution in [0, 0.1) is 0 Å². The van der Waals surface area contributed by atoms with Gasteiger partial charge in [0.25, 0.3) is 5.91 Å². The first kappa shape index (κ1) is 18.1. The van der Waals surface area contributed by atoms with Gasteiger partial charge in [-0.2, -0.15) is 0 Å². The number of rotatable bonds is 6. The summed E-state index contributed by atoms with van der Waals surface area (Å²) < 4.78 is 4.65.